The first kappa shape index (κ1) is 35.9. The van der Waals surface area contributed by atoms with Crippen molar-refractivity contribution in [1.29, 1.82) is 5.26 Å². The van der Waals surface area contributed by atoms with Gasteiger partial charge in [0.25, 0.3) is 0 Å². The maximum Gasteiger partial charge on any atom is 0.216 e. The highest BCUT2D eigenvalue weighted by molar-refractivity contribution is 6.32. The lowest BCUT2D eigenvalue weighted by Gasteiger charge is -2.34. The van der Waals surface area contributed by atoms with E-state index in [1.165, 1.54) is 17.8 Å². The predicted molar refractivity (Wildman–Crippen MR) is 200 cm³/mol. The Bertz CT molecular complexity index is 2030. The first-order valence-corrected chi connectivity index (χ1v) is 17.7. The Labute approximate surface area is 303 Å². The number of alkyl halides is 1. The molecular formula is C41H43ClFN5O3. The van der Waals surface area contributed by atoms with Crippen LogP contribution in [0.2, 0.25) is 5.02 Å². The van der Waals surface area contributed by atoms with Gasteiger partial charge in [0.1, 0.15) is 30.9 Å². The van der Waals surface area contributed by atoms with E-state index in [2.05, 4.69) is 81.8 Å². The van der Waals surface area contributed by atoms with Crippen molar-refractivity contribution in [3.05, 3.63) is 118 Å². The summed E-state index contributed by atoms with van der Waals surface area (Å²) < 4.78 is 28.2. The summed E-state index contributed by atoms with van der Waals surface area (Å²) in [5.74, 6) is 1.04. The minimum absolute atomic E-state index is 0.0783. The van der Waals surface area contributed by atoms with Gasteiger partial charge in [0.2, 0.25) is 5.91 Å². The van der Waals surface area contributed by atoms with Crippen LogP contribution in [0.4, 0.5) is 4.39 Å². The maximum absolute atomic E-state index is 13.2. The summed E-state index contributed by atoms with van der Waals surface area (Å²) in [6.07, 6.45) is 2.46. The molecule has 4 aromatic carbocycles. The van der Waals surface area contributed by atoms with E-state index in [1.807, 2.05) is 24.3 Å². The van der Waals surface area contributed by atoms with Crippen molar-refractivity contribution in [2.24, 2.45) is 0 Å². The van der Waals surface area contributed by atoms with Gasteiger partial charge in [0.15, 0.2) is 0 Å². The average molecular weight is 708 g/mol. The summed E-state index contributed by atoms with van der Waals surface area (Å²) >= 11 is 6.79. The topological polar surface area (TPSA) is 91.6 Å². The molecular weight excluding hydrogens is 665 g/mol. The second-order valence-corrected chi connectivity index (χ2v) is 13.4. The molecule has 0 bridgehead atoms. The van der Waals surface area contributed by atoms with E-state index >= 15 is 0 Å². The van der Waals surface area contributed by atoms with E-state index in [0.717, 1.165) is 52.9 Å². The average Bonchev–Trinajstić information content (AvgIpc) is 3.53. The number of nitrogens with one attached hydrogen (secondary N) is 2. The molecule has 0 atom stereocenters. The Morgan fingerprint density at radius 2 is 1.73 bits per heavy atom. The van der Waals surface area contributed by atoms with E-state index in [1.54, 1.807) is 12.1 Å². The molecule has 264 valence electrons. The molecule has 2 heterocycles. The second kappa shape index (κ2) is 16.9. The van der Waals surface area contributed by atoms with Gasteiger partial charge >= 0.3 is 0 Å². The number of benzene rings is 4. The lowest BCUT2D eigenvalue weighted by Crippen LogP contribution is -2.48. The maximum atomic E-state index is 13.2. The van der Waals surface area contributed by atoms with Gasteiger partial charge in [-0.2, -0.15) is 5.26 Å². The molecule has 0 unspecified atom stereocenters. The van der Waals surface area contributed by atoms with Crippen molar-refractivity contribution >= 4 is 28.4 Å². The number of carbonyl (C=O) groups is 1. The Balaban J connectivity index is 1.17. The van der Waals surface area contributed by atoms with Crippen molar-refractivity contribution < 1.29 is 18.7 Å². The number of nitriles is 1. The van der Waals surface area contributed by atoms with Gasteiger partial charge < -0.3 is 24.7 Å². The van der Waals surface area contributed by atoms with Crippen molar-refractivity contribution in [3.63, 3.8) is 0 Å². The van der Waals surface area contributed by atoms with E-state index in [0.29, 0.717) is 61.4 Å². The molecule has 6 rings (SSSR count). The summed E-state index contributed by atoms with van der Waals surface area (Å²) in [5.41, 5.74) is 7.95. The standard InChI is InChI=1S/C41H43ClFN5O3/c1-28-32(9-4-10-35(28)36-11-5-12-39-37(36)13-18-48(39)17-6-16-47-24-34(43)25-47)27-51-41-21-40(50-26-31-8-3-7-30(19-31)22-44)33(20-38(41)42)23-45-14-15-46-29(2)49/h3-5,7-13,18-21,34,45H,6,14-17,23-27H2,1-2H3,(H,46,49). The molecule has 0 aliphatic carbocycles. The zero-order chi connectivity index (χ0) is 35.7. The van der Waals surface area contributed by atoms with Crippen LogP contribution in [0.25, 0.3) is 22.0 Å². The van der Waals surface area contributed by atoms with Crippen molar-refractivity contribution in [2.75, 3.05) is 32.7 Å². The molecule has 0 radical (unpaired) electrons. The van der Waals surface area contributed by atoms with Gasteiger partial charge in [-0.05, 0) is 71.5 Å². The number of aromatic nitrogens is 1. The highest BCUT2D eigenvalue weighted by Gasteiger charge is 2.25. The highest BCUT2D eigenvalue weighted by atomic mass is 35.5. The Morgan fingerprint density at radius 3 is 2.53 bits per heavy atom. The van der Waals surface area contributed by atoms with E-state index in [9.17, 15) is 14.4 Å². The fourth-order valence-electron chi connectivity index (χ4n) is 6.50. The zero-order valence-electron chi connectivity index (χ0n) is 29.1. The van der Waals surface area contributed by atoms with Crippen LogP contribution in [0.3, 0.4) is 0 Å². The van der Waals surface area contributed by atoms with Crippen LogP contribution < -0.4 is 20.1 Å². The van der Waals surface area contributed by atoms with Crippen LogP contribution in [-0.2, 0) is 31.1 Å². The number of aryl methyl sites for hydroxylation is 1. The lowest BCUT2D eigenvalue weighted by molar-refractivity contribution is -0.118. The van der Waals surface area contributed by atoms with Gasteiger partial charge in [-0.3, -0.25) is 9.69 Å². The smallest absolute Gasteiger partial charge is 0.216 e. The zero-order valence-corrected chi connectivity index (χ0v) is 29.8. The summed E-state index contributed by atoms with van der Waals surface area (Å²) in [6, 6.07) is 28.1. The van der Waals surface area contributed by atoms with E-state index in [-0.39, 0.29) is 12.5 Å². The molecule has 0 saturated carbocycles. The first-order valence-electron chi connectivity index (χ1n) is 17.3. The summed E-state index contributed by atoms with van der Waals surface area (Å²) in [4.78, 5) is 13.4. The second-order valence-electron chi connectivity index (χ2n) is 13.0. The minimum atomic E-state index is -0.667. The number of ether oxygens (including phenoxy) is 2. The lowest BCUT2D eigenvalue weighted by atomic mass is 9.94. The predicted octanol–water partition coefficient (Wildman–Crippen LogP) is 7.57. The SMILES string of the molecule is CC(=O)NCCNCc1cc(Cl)c(OCc2cccc(-c3cccc4c3ccn4CCCN3CC(F)C3)c2C)cc1OCc1cccc(C#N)c1. The third-order valence-corrected chi connectivity index (χ3v) is 9.57. The molecule has 51 heavy (non-hydrogen) atoms. The molecule has 1 aliphatic rings. The van der Waals surface area contributed by atoms with Crippen molar-refractivity contribution in [1.82, 2.24) is 20.1 Å². The number of halogens is 2. The minimum Gasteiger partial charge on any atom is -0.488 e. The number of nitrogens with zero attached hydrogens (tertiary/aromatic N) is 3. The molecule has 10 heteroatoms. The Hall–Kier alpha value is -4.88. The number of rotatable bonds is 16. The number of likely N-dealkylation sites (tertiary alicyclic amines) is 1. The monoisotopic (exact) mass is 707 g/mol. The number of fused-ring (bicyclic) bond motifs is 1. The van der Waals surface area contributed by atoms with Crippen LogP contribution in [-0.4, -0.2) is 54.3 Å². The fourth-order valence-corrected chi connectivity index (χ4v) is 6.74. The molecule has 1 amide bonds. The van der Waals surface area contributed by atoms with Crippen molar-refractivity contribution in [3.8, 4) is 28.7 Å². The van der Waals surface area contributed by atoms with Gasteiger partial charge in [0, 0.05) is 81.5 Å². The quantitative estimate of drug-likeness (QED) is 0.103. The third-order valence-electron chi connectivity index (χ3n) is 9.28. The largest absolute Gasteiger partial charge is 0.488 e. The fraction of sp³-hybridized carbons (Fsp3) is 0.317. The summed E-state index contributed by atoms with van der Waals surface area (Å²) in [5, 5.41) is 17.1. The summed E-state index contributed by atoms with van der Waals surface area (Å²) in [6.45, 7) is 8.65. The van der Waals surface area contributed by atoms with Gasteiger partial charge in [0.05, 0.1) is 16.7 Å². The molecule has 1 saturated heterocycles. The first-order chi connectivity index (χ1) is 24.8. The van der Waals surface area contributed by atoms with Crippen molar-refractivity contribution in [2.45, 2.75) is 52.7 Å². The molecule has 1 aliphatic heterocycles. The van der Waals surface area contributed by atoms with E-state index in [4.69, 9.17) is 21.1 Å². The number of amides is 1. The molecule has 5 aromatic rings. The van der Waals surface area contributed by atoms with Crippen LogP contribution in [0, 0.1) is 18.3 Å². The molecule has 0 spiro atoms. The molecule has 1 fully saturated rings. The van der Waals surface area contributed by atoms with Crippen LogP contribution in [0.5, 0.6) is 11.5 Å². The Morgan fingerprint density at radius 1 is 0.941 bits per heavy atom. The van der Waals surface area contributed by atoms with Gasteiger partial charge in [-0.1, -0.05) is 54.1 Å². The Kier molecular flexibility index (Phi) is 11.9. The molecule has 1 aromatic heterocycles. The van der Waals surface area contributed by atoms with E-state index < -0.39 is 6.17 Å². The van der Waals surface area contributed by atoms with Crippen LogP contribution in [0.1, 0.15) is 41.2 Å². The summed E-state index contributed by atoms with van der Waals surface area (Å²) in [7, 11) is 0. The normalized spacial score (nSPS) is 13.2. The van der Waals surface area contributed by atoms with Gasteiger partial charge in [-0.15, -0.1) is 0 Å². The number of carbonyl (C=O) groups excluding carboxylic acids is 1. The number of hydrogen-bond acceptors (Lipinski definition) is 6. The van der Waals surface area contributed by atoms with Gasteiger partial charge in [-0.25, -0.2) is 4.39 Å². The van der Waals surface area contributed by atoms with Crippen LogP contribution in [0.15, 0.2) is 85.1 Å². The number of hydrogen-bond donors (Lipinski definition) is 2. The molecule has 8 nitrogen and oxygen atoms in total. The van der Waals surface area contributed by atoms with Crippen LogP contribution >= 0.6 is 11.6 Å². The molecule has 2 N–H and O–H groups in total. The third kappa shape index (κ3) is 9.08. The highest BCUT2D eigenvalue weighted by Crippen LogP contribution is 2.36.